The van der Waals surface area contributed by atoms with Gasteiger partial charge in [-0.1, -0.05) is 0 Å². The van der Waals surface area contributed by atoms with E-state index in [1.807, 2.05) is 0 Å². The second-order valence-corrected chi connectivity index (χ2v) is 2.17. The van der Waals surface area contributed by atoms with Gasteiger partial charge in [0, 0.05) is 13.7 Å². The standard InChI is InChI=1S/C6H12N2O4/c1-12-5-4-8(7-11)3-2-6(9)10/h2-5H2,1H3,(H,9,10). The molecule has 0 aromatic carbocycles. The summed E-state index contributed by atoms with van der Waals surface area (Å²) in [7, 11) is 1.50. The van der Waals surface area contributed by atoms with Gasteiger partial charge in [-0.2, -0.15) is 0 Å². The van der Waals surface area contributed by atoms with Crippen LogP contribution in [0.1, 0.15) is 6.42 Å². The van der Waals surface area contributed by atoms with E-state index in [0.29, 0.717) is 13.2 Å². The molecule has 0 saturated carbocycles. The molecule has 0 bridgehead atoms. The molecule has 0 aliphatic heterocycles. The predicted octanol–water partition coefficient (Wildman–Crippen LogP) is 0.0909. The van der Waals surface area contributed by atoms with Crippen LogP contribution in [-0.2, 0) is 9.53 Å². The van der Waals surface area contributed by atoms with Crippen molar-refractivity contribution >= 4 is 5.97 Å². The Morgan fingerprint density at radius 3 is 2.67 bits per heavy atom. The summed E-state index contributed by atoms with van der Waals surface area (Å²) in [5, 5.41) is 12.0. The number of rotatable bonds is 7. The zero-order valence-corrected chi connectivity index (χ0v) is 6.89. The molecule has 0 saturated heterocycles. The van der Waals surface area contributed by atoms with E-state index in [1.165, 1.54) is 7.11 Å². The number of hydrogen-bond acceptors (Lipinski definition) is 4. The molecule has 0 amide bonds. The number of nitroso groups, excluding NO2 is 1. The van der Waals surface area contributed by atoms with Crippen LogP contribution in [-0.4, -0.2) is 42.9 Å². The Kier molecular flexibility index (Phi) is 5.90. The zero-order valence-electron chi connectivity index (χ0n) is 6.89. The molecule has 0 radical (unpaired) electrons. The third kappa shape index (κ3) is 5.60. The lowest BCUT2D eigenvalue weighted by Crippen LogP contribution is -2.24. The van der Waals surface area contributed by atoms with Crippen molar-refractivity contribution in [3.63, 3.8) is 0 Å². The van der Waals surface area contributed by atoms with Crippen LogP contribution in [0.25, 0.3) is 0 Å². The van der Waals surface area contributed by atoms with Crippen molar-refractivity contribution in [1.29, 1.82) is 0 Å². The normalized spacial score (nSPS) is 9.42. The van der Waals surface area contributed by atoms with Gasteiger partial charge >= 0.3 is 5.97 Å². The van der Waals surface area contributed by atoms with E-state index in [9.17, 15) is 9.70 Å². The summed E-state index contributed by atoms with van der Waals surface area (Å²) >= 11 is 0. The predicted molar refractivity (Wildman–Crippen MR) is 41.5 cm³/mol. The van der Waals surface area contributed by atoms with Gasteiger partial charge in [-0.3, -0.25) is 9.80 Å². The largest absolute Gasteiger partial charge is 0.481 e. The summed E-state index contributed by atoms with van der Waals surface area (Å²) in [6.07, 6.45) is -0.0878. The molecular formula is C6H12N2O4. The highest BCUT2D eigenvalue weighted by atomic mass is 16.5. The number of carboxylic acid groups (broad SMARTS) is 1. The van der Waals surface area contributed by atoms with Gasteiger partial charge in [0.25, 0.3) is 0 Å². The Bertz CT molecular complexity index is 150. The highest BCUT2D eigenvalue weighted by molar-refractivity contribution is 5.66. The Labute approximate surface area is 70.1 Å². The number of carboxylic acids is 1. The fraction of sp³-hybridized carbons (Fsp3) is 0.833. The van der Waals surface area contributed by atoms with Crippen molar-refractivity contribution in [3.05, 3.63) is 4.91 Å². The lowest BCUT2D eigenvalue weighted by Gasteiger charge is -2.12. The summed E-state index contributed by atoms with van der Waals surface area (Å²) in [5.41, 5.74) is 0. The van der Waals surface area contributed by atoms with E-state index in [-0.39, 0.29) is 13.0 Å². The fourth-order valence-electron chi connectivity index (χ4n) is 0.615. The van der Waals surface area contributed by atoms with Crippen LogP contribution in [0.4, 0.5) is 0 Å². The maximum Gasteiger partial charge on any atom is 0.305 e. The molecule has 0 aromatic rings. The first-order valence-electron chi connectivity index (χ1n) is 3.49. The SMILES string of the molecule is COCCN(CCC(=O)O)N=O. The smallest absolute Gasteiger partial charge is 0.305 e. The molecule has 0 aliphatic rings. The Balaban J connectivity index is 3.52. The van der Waals surface area contributed by atoms with Crippen LogP contribution in [0.2, 0.25) is 0 Å². The van der Waals surface area contributed by atoms with Crippen LogP contribution >= 0.6 is 0 Å². The highest BCUT2D eigenvalue weighted by Gasteiger charge is 2.04. The van der Waals surface area contributed by atoms with Gasteiger partial charge in [-0.05, 0) is 0 Å². The van der Waals surface area contributed by atoms with E-state index in [4.69, 9.17) is 9.84 Å². The molecule has 0 rings (SSSR count). The van der Waals surface area contributed by atoms with Crippen molar-refractivity contribution in [2.45, 2.75) is 6.42 Å². The molecule has 0 aromatic heterocycles. The van der Waals surface area contributed by atoms with E-state index >= 15 is 0 Å². The summed E-state index contributed by atoms with van der Waals surface area (Å²) < 4.78 is 4.69. The summed E-state index contributed by atoms with van der Waals surface area (Å²) in [4.78, 5) is 20.1. The van der Waals surface area contributed by atoms with Gasteiger partial charge in [0.1, 0.15) is 0 Å². The minimum absolute atomic E-state index is 0.0878. The van der Waals surface area contributed by atoms with E-state index in [2.05, 4.69) is 5.29 Å². The molecule has 70 valence electrons. The van der Waals surface area contributed by atoms with Crippen molar-refractivity contribution in [1.82, 2.24) is 5.01 Å². The molecule has 1 N–H and O–H groups in total. The average molecular weight is 176 g/mol. The van der Waals surface area contributed by atoms with Gasteiger partial charge in [0.2, 0.25) is 0 Å². The highest BCUT2D eigenvalue weighted by Crippen LogP contribution is 1.91. The summed E-state index contributed by atoms with van der Waals surface area (Å²) in [5.74, 6) is -0.943. The Hall–Kier alpha value is -1.17. The molecule has 0 spiro atoms. The average Bonchev–Trinajstić information content (AvgIpc) is 2.05. The number of aliphatic carboxylic acids is 1. The summed E-state index contributed by atoms with van der Waals surface area (Å²) in [6, 6.07) is 0. The van der Waals surface area contributed by atoms with Crippen LogP contribution in [0.15, 0.2) is 5.29 Å². The molecule has 0 heterocycles. The second kappa shape index (κ2) is 6.53. The summed E-state index contributed by atoms with van der Waals surface area (Å²) in [6.45, 7) is 0.820. The minimum Gasteiger partial charge on any atom is -0.481 e. The first-order valence-corrected chi connectivity index (χ1v) is 3.49. The van der Waals surface area contributed by atoms with Crippen LogP contribution in [0.3, 0.4) is 0 Å². The number of nitrogens with zero attached hydrogens (tertiary/aromatic N) is 2. The topological polar surface area (TPSA) is 79.2 Å². The van der Waals surface area contributed by atoms with Gasteiger partial charge in [-0.15, -0.1) is 4.91 Å². The number of carbonyl (C=O) groups is 1. The first-order chi connectivity index (χ1) is 5.70. The third-order valence-electron chi connectivity index (χ3n) is 1.25. The van der Waals surface area contributed by atoms with Crippen LogP contribution < -0.4 is 0 Å². The maximum absolute atomic E-state index is 10.1. The third-order valence-corrected chi connectivity index (χ3v) is 1.25. The molecule has 12 heavy (non-hydrogen) atoms. The van der Waals surface area contributed by atoms with E-state index in [1.54, 1.807) is 0 Å². The van der Waals surface area contributed by atoms with Crippen molar-refractivity contribution in [3.8, 4) is 0 Å². The Morgan fingerprint density at radius 1 is 1.58 bits per heavy atom. The Morgan fingerprint density at radius 2 is 2.25 bits per heavy atom. The lowest BCUT2D eigenvalue weighted by molar-refractivity contribution is -0.137. The zero-order chi connectivity index (χ0) is 9.40. The lowest BCUT2D eigenvalue weighted by atomic mass is 10.4. The molecule has 0 atom stereocenters. The molecule has 0 unspecified atom stereocenters. The van der Waals surface area contributed by atoms with Crippen LogP contribution in [0, 0.1) is 4.91 Å². The molecular weight excluding hydrogens is 164 g/mol. The van der Waals surface area contributed by atoms with Gasteiger partial charge in [-0.25, -0.2) is 0 Å². The van der Waals surface area contributed by atoms with Crippen LogP contribution in [0.5, 0.6) is 0 Å². The number of hydrogen-bond donors (Lipinski definition) is 1. The number of ether oxygens (including phenoxy) is 1. The van der Waals surface area contributed by atoms with E-state index in [0.717, 1.165) is 5.01 Å². The molecule has 6 heteroatoms. The van der Waals surface area contributed by atoms with Crippen molar-refractivity contribution in [2.75, 3.05) is 26.8 Å². The minimum atomic E-state index is -0.943. The maximum atomic E-state index is 10.1. The van der Waals surface area contributed by atoms with Crippen molar-refractivity contribution in [2.24, 2.45) is 5.29 Å². The fourth-order valence-corrected chi connectivity index (χ4v) is 0.615. The van der Waals surface area contributed by atoms with E-state index < -0.39 is 5.97 Å². The van der Waals surface area contributed by atoms with Gasteiger partial charge in [0.15, 0.2) is 0 Å². The second-order valence-electron chi connectivity index (χ2n) is 2.17. The van der Waals surface area contributed by atoms with Gasteiger partial charge in [0.05, 0.1) is 24.9 Å². The molecule has 0 fully saturated rings. The quantitative estimate of drug-likeness (QED) is 0.439. The molecule has 0 aliphatic carbocycles. The number of methoxy groups -OCH3 is 1. The first kappa shape index (κ1) is 10.8. The van der Waals surface area contributed by atoms with Crippen molar-refractivity contribution < 1.29 is 14.6 Å². The monoisotopic (exact) mass is 176 g/mol. The van der Waals surface area contributed by atoms with Gasteiger partial charge < -0.3 is 9.84 Å². The molecule has 6 nitrogen and oxygen atoms in total.